The summed E-state index contributed by atoms with van der Waals surface area (Å²) in [6.07, 6.45) is 1.59. The Labute approximate surface area is 197 Å². The molecule has 0 atom stereocenters. The van der Waals surface area contributed by atoms with Gasteiger partial charge in [0.15, 0.2) is 17.2 Å². The van der Waals surface area contributed by atoms with Crippen molar-refractivity contribution >= 4 is 29.5 Å². The summed E-state index contributed by atoms with van der Waals surface area (Å²) in [5.74, 6) is 1.33. The van der Waals surface area contributed by atoms with E-state index in [2.05, 4.69) is 4.99 Å². The molecule has 33 heavy (non-hydrogen) atoms. The molecule has 1 aliphatic rings. The molecule has 0 spiro atoms. The number of methoxy groups -OCH3 is 1. The monoisotopic (exact) mass is 463 g/mol. The lowest BCUT2D eigenvalue weighted by Crippen LogP contribution is -2.10. The van der Waals surface area contributed by atoms with E-state index >= 15 is 0 Å². The molecule has 6 nitrogen and oxygen atoms in total. The smallest absolute Gasteiger partial charge is 0.363 e. The van der Waals surface area contributed by atoms with Crippen LogP contribution < -0.4 is 14.2 Å². The lowest BCUT2D eigenvalue weighted by Gasteiger charge is -2.14. The second-order valence-corrected chi connectivity index (χ2v) is 7.65. The second kappa shape index (κ2) is 10.2. The highest BCUT2D eigenvalue weighted by Crippen LogP contribution is 2.37. The Morgan fingerprint density at radius 1 is 1.00 bits per heavy atom. The molecule has 3 aromatic carbocycles. The number of nitrogens with zero attached hydrogens (tertiary/aromatic N) is 1. The minimum absolute atomic E-state index is 0.173. The molecule has 0 saturated carbocycles. The molecule has 1 aliphatic heterocycles. The van der Waals surface area contributed by atoms with Crippen LogP contribution in [0.15, 0.2) is 77.4 Å². The number of hydrogen-bond donors (Lipinski definition) is 0. The van der Waals surface area contributed by atoms with Gasteiger partial charge in [-0.1, -0.05) is 47.5 Å². The number of aryl methyl sites for hydroxylation is 1. The lowest BCUT2D eigenvalue weighted by atomic mass is 10.1. The number of halogens is 1. The number of aliphatic imine (C=N–C) groups is 1. The maximum absolute atomic E-state index is 12.3. The van der Waals surface area contributed by atoms with Crippen LogP contribution in [0.5, 0.6) is 17.2 Å². The van der Waals surface area contributed by atoms with Crippen LogP contribution in [0.4, 0.5) is 0 Å². The highest BCUT2D eigenvalue weighted by Gasteiger charge is 2.24. The van der Waals surface area contributed by atoms with E-state index in [1.807, 2.05) is 61.5 Å². The van der Waals surface area contributed by atoms with E-state index in [1.54, 1.807) is 18.2 Å². The molecule has 0 fully saturated rings. The van der Waals surface area contributed by atoms with Crippen LogP contribution in [-0.2, 0) is 9.53 Å². The first-order chi connectivity index (χ1) is 16.0. The van der Waals surface area contributed by atoms with E-state index < -0.39 is 5.97 Å². The molecule has 0 unspecified atom stereocenters. The molecule has 168 valence electrons. The summed E-state index contributed by atoms with van der Waals surface area (Å²) in [5.41, 5.74) is 2.69. The van der Waals surface area contributed by atoms with Crippen LogP contribution in [0.3, 0.4) is 0 Å². The van der Waals surface area contributed by atoms with Gasteiger partial charge in [-0.05, 0) is 55.0 Å². The summed E-state index contributed by atoms with van der Waals surface area (Å²) in [6.45, 7) is 2.64. The molecule has 0 saturated heterocycles. The number of carbonyl (C=O) groups is 1. The van der Waals surface area contributed by atoms with Gasteiger partial charge in [-0.25, -0.2) is 9.79 Å². The van der Waals surface area contributed by atoms with Gasteiger partial charge in [-0.3, -0.25) is 0 Å². The van der Waals surface area contributed by atoms with E-state index in [0.717, 1.165) is 16.9 Å². The van der Waals surface area contributed by atoms with Gasteiger partial charge in [-0.15, -0.1) is 0 Å². The molecule has 0 aromatic heterocycles. The van der Waals surface area contributed by atoms with Gasteiger partial charge in [0.1, 0.15) is 19.0 Å². The van der Waals surface area contributed by atoms with Crippen LogP contribution in [0.1, 0.15) is 16.7 Å². The van der Waals surface area contributed by atoms with Crippen molar-refractivity contribution in [2.75, 3.05) is 20.3 Å². The quantitative estimate of drug-likeness (QED) is 0.252. The number of hydrogen-bond acceptors (Lipinski definition) is 6. The van der Waals surface area contributed by atoms with Gasteiger partial charge in [0.2, 0.25) is 5.90 Å². The molecule has 4 rings (SSSR count). The fourth-order valence-corrected chi connectivity index (χ4v) is 3.45. The maximum Gasteiger partial charge on any atom is 0.363 e. The van der Waals surface area contributed by atoms with Gasteiger partial charge in [0, 0.05) is 5.56 Å². The van der Waals surface area contributed by atoms with E-state index in [-0.39, 0.29) is 18.2 Å². The maximum atomic E-state index is 12.3. The van der Waals surface area contributed by atoms with Gasteiger partial charge in [-0.2, -0.15) is 0 Å². The van der Waals surface area contributed by atoms with Crippen LogP contribution in [0.25, 0.3) is 6.08 Å². The van der Waals surface area contributed by atoms with Gasteiger partial charge < -0.3 is 18.9 Å². The number of cyclic esters (lactones) is 1. The zero-order chi connectivity index (χ0) is 23.2. The molecule has 0 bridgehead atoms. The summed E-state index contributed by atoms with van der Waals surface area (Å²) >= 11 is 6.45. The first-order valence-corrected chi connectivity index (χ1v) is 10.7. The predicted octanol–water partition coefficient (Wildman–Crippen LogP) is 5.46. The average molecular weight is 464 g/mol. The summed E-state index contributed by atoms with van der Waals surface area (Å²) in [6, 6.07) is 20.4. The molecule has 0 amide bonds. The molecule has 7 heteroatoms. The number of esters is 1. The van der Waals surface area contributed by atoms with Crippen molar-refractivity contribution in [3.8, 4) is 17.2 Å². The number of rotatable bonds is 8. The van der Waals surface area contributed by atoms with Crippen LogP contribution >= 0.6 is 11.6 Å². The first kappa shape index (κ1) is 22.4. The van der Waals surface area contributed by atoms with Crippen molar-refractivity contribution in [1.82, 2.24) is 0 Å². The summed E-state index contributed by atoms with van der Waals surface area (Å²) in [5, 5.41) is 0.343. The number of benzene rings is 3. The Bertz CT molecular complexity index is 1200. The van der Waals surface area contributed by atoms with Gasteiger partial charge >= 0.3 is 5.97 Å². The molecule has 3 aromatic rings. The van der Waals surface area contributed by atoms with Crippen molar-refractivity contribution in [3.63, 3.8) is 0 Å². The Morgan fingerprint density at radius 2 is 1.73 bits per heavy atom. The van der Waals surface area contributed by atoms with E-state index in [9.17, 15) is 4.79 Å². The first-order valence-electron chi connectivity index (χ1n) is 10.3. The third-order valence-corrected chi connectivity index (χ3v) is 5.10. The standard InChI is InChI=1S/C26H22ClNO5/c1-17-8-10-20(11-9-17)31-12-13-32-24-21(27)14-18(16-23(24)30-2)15-22-26(29)33-25(28-22)19-6-4-3-5-7-19/h3-11,14-16H,12-13H2,1-2H3/b22-15-. The molecule has 0 aliphatic carbocycles. The molecule has 0 N–H and O–H groups in total. The van der Waals surface area contributed by atoms with Crippen molar-refractivity contribution < 1.29 is 23.7 Å². The number of ether oxygens (including phenoxy) is 4. The Balaban J connectivity index is 1.46. The second-order valence-electron chi connectivity index (χ2n) is 7.25. The fourth-order valence-electron chi connectivity index (χ4n) is 3.17. The number of carbonyl (C=O) groups excluding carboxylic acids is 1. The van der Waals surface area contributed by atoms with E-state index in [1.165, 1.54) is 7.11 Å². The normalized spacial score (nSPS) is 14.1. The topological polar surface area (TPSA) is 66.4 Å². The molecular formula is C26H22ClNO5. The van der Waals surface area contributed by atoms with Gasteiger partial charge in [0.05, 0.1) is 12.1 Å². The third kappa shape index (κ3) is 5.54. The van der Waals surface area contributed by atoms with Gasteiger partial charge in [0.25, 0.3) is 0 Å². The van der Waals surface area contributed by atoms with Crippen LogP contribution in [0, 0.1) is 6.92 Å². The van der Waals surface area contributed by atoms with Crippen molar-refractivity contribution in [2.24, 2.45) is 4.99 Å². The summed E-state index contributed by atoms with van der Waals surface area (Å²) in [7, 11) is 1.52. The highest BCUT2D eigenvalue weighted by atomic mass is 35.5. The third-order valence-electron chi connectivity index (χ3n) is 4.82. The zero-order valence-electron chi connectivity index (χ0n) is 18.2. The minimum atomic E-state index is -0.530. The predicted molar refractivity (Wildman–Crippen MR) is 127 cm³/mol. The van der Waals surface area contributed by atoms with Crippen LogP contribution in [-0.4, -0.2) is 32.2 Å². The minimum Gasteiger partial charge on any atom is -0.493 e. The average Bonchev–Trinajstić information content (AvgIpc) is 3.19. The zero-order valence-corrected chi connectivity index (χ0v) is 19.0. The molecule has 1 heterocycles. The summed E-state index contributed by atoms with van der Waals surface area (Å²) < 4.78 is 22.2. The SMILES string of the molecule is COc1cc(/C=C2\N=C(c3ccccc3)OC2=O)cc(Cl)c1OCCOc1ccc(C)cc1. The Kier molecular flexibility index (Phi) is 6.95. The van der Waals surface area contributed by atoms with E-state index in [0.29, 0.717) is 28.7 Å². The van der Waals surface area contributed by atoms with Crippen molar-refractivity contribution in [1.29, 1.82) is 0 Å². The largest absolute Gasteiger partial charge is 0.493 e. The van der Waals surface area contributed by atoms with Crippen LogP contribution in [0.2, 0.25) is 5.02 Å². The fraction of sp³-hybridized carbons (Fsp3) is 0.154. The highest BCUT2D eigenvalue weighted by molar-refractivity contribution is 6.32. The Morgan fingerprint density at radius 3 is 2.45 bits per heavy atom. The molecule has 0 radical (unpaired) electrons. The summed E-state index contributed by atoms with van der Waals surface area (Å²) in [4.78, 5) is 16.6. The van der Waals surface area contributed by atoms with Crippen molar-refractivity contribution in [3.05, 3.63) is 94.1 Å². The Hall–Kier alpha value is -3.77. The lowest BCUT2D eigenvalue weighted by molar-refractivity contribution is -0.129. The molecular weight excluding hydrogens is 442 g/mol. The van der Waals surface area contributed by atoms with Crippen molar-refractivity contribution in [2.45, 2.75) is 6.92 Å². The van der Waals surface area contributed by atoms with E-state index in [4.69, 9.17) is 30.5 Å².